The molecule has 0 radical (unpaired) electrons. The molecule has 1 N–H and O–H groups in total. The third kappa shape index (κ3) is 3.73. The zero-order valence-corrected chi connectivity index (χ0v) is 16.6. The lowest BCUT2D eigenvalue weighted by Crippen LogP contribution is -2.36. The minimum absolute atomic E-state index is 0.124. The maximum Gasteiger partial charge on any atom is 0.311 e. The average molecular weight is 394 g/mol. The van der Waals surface area contributed by atoms with E-state index in [0.717, 1.165) is 19.3 Å². The first-order chi connectivity index (χ1) is 12.6. The number of nitrogens with zero attached hydrogens (tertiary/aromatic N) is 2. The van der Waals surface area contributed by atoms with Crippen molar-refractivity contribution in [2.24, 2.45) is 5.41 Å². The summed E-state index contributed by atoms with van der Waals surface area (Å²) in [6, 6.07) is 4.63. The summed E-state index contributed by atoms with van der Waals surface area (Å²) in [5.41, 5.74) is 0.0466. The Kier molecular flexibility index (Phi) is 5.31. The molecular formula is C19H26N2O5S. The molecule has 3 rings (SSSR count). The highest BCUT2D eigenvalue weighted by atomic mass is 32.2. The van der Waals surface area contributed by atoms with E-state index in [9.17, 15) is 23.1 Å². The van der Waals surface area contributed by atoms with Crippen LogP contribution >= 0.6 is 0 Å². The zero-order chi connectivity index (χ0) is 19.8. The fraction of sp³-hybridized carbons (Fsp3) is 0.579. The van der Waals surface area contributed by atoms with Crippen LogP contribution in [-0.4, -0.2) is 60.8 Å². The van der Waals surface area contributed by atoms with Crippen LogP contribution in [0.4, 0.5) is 0 Å². The molecule has 2 aliphatic heterocycles. The van der Waals surface area contributed by atoms with Gasteiger partial charge in [0, 0.05) is 31.7 Å². The maximum absolute atomic E-state index is 13.0. The minimum atomic E-state index is -3.63. The summed E-state index contributed by atoms with van der Waals surface area (Å²) in [4.78, 5) is 26.0. The van der Waals surface area contributed by atoms with Gasteiger partial charge in [-0.15, -0.1) is 0 Å². The predicted octanol–water partition coefficient (Wildman–Crippen LogP) is 2.11. The number of carboxylic acid groups (broad SMARTS) is 1. The van der Waals surface area contributed by atoms with Crippen LogP contribution < -0.4 is 0 Å². The van der Waals surface area contributed by atoms with Crippen molar-refractivity contribution in [1.29, 1.82) is 0 Å². The number of amides is 1. The first kappa shape index (κ1) is 19.8. The lowest BCUT2D eigenvalue weighted by Gasteiger charge is -2.26. The molecule has 2 saturated heterocycles. The van der Waals surface area contributed by atoms with Gasteiger partial charge in [0.1, 0.15) is 0 Å². The van der Waals surface area contributed by atoms with Gasteiger partial charge < -0.3 is 10.0 Å². The number of hydrogen-bond acceptors (Lipinski definition) is 4. The SMILES string of the molecule is Cc1ccc(S(=O)(=O)N2CCCCC2)cc1C(=O)N1CCC(C)(C(=O)O)C1. The second-order valence-corrected chi connectivity index (χ2v) is 9.72. The van der Waals surface area contributed by atoms with Gasteiger partial charge in [-0.2, -0.15) is 4.31 Å². The maximum atomic E-state index is 13.0. The average Bonchev–Trinajstić information content (AvgIpc) is 3.06. The Hall–Kier alpha value is -1.93. The third-order valence-corrected chi connectivity index (χ3v) is 7.56. The highest BCUT2D eigenvalue weighted by molar-refractivity contribution is 7.89. The number of rotatable bonds is 4. The van der Waals surface area contributed by atoms with Crippen LogP contribution in [0.25, 0.3) is 0 Å². The van der Waals surface area contributed by atoms with E-state index in [1.54, 1.807) is 26.0 Å². The number of sulfonamides is 1. The van der Waals surface area contributed by atoms with Crippen molar-refractivity contribution in [2.45, 2.75) is 44.4 Å². The van der Waals surface area contributed by atoms with Crippen LogP contribution in [0, 0.1) is 12.3 Å². The Bertz CT molecular complexity index is 861. The predicted molar refractivity (Wildman–Crippen MR) is 100 cm³/mol. The van der Waals surface area contributed by atoms with Crippen LogP contribution in [0.5, 0.6) is 0 Å². The number of piperidine rings is 1. The van der Waals surface area contributed by atoms with Crippen molar-refractivity contribution in [2.75, 3.05) is 26.2 Å². The summed E-state index contributed by atoms with van der Waals surface area (Å²) < 4.78 is 27.3. The molecule has 0 bridgehead atoms. The molecule has 1 aromatic rings. The Balaban J connectivity index is 1.88. The molecule has 1 atom stereocenters. The number of aliphatic carboxylic acids is 1. The van der Waals surface area contributed by atoms with Gasteiger partial charge in [0.15, 0.2) is 0 Å². The molecule has 8 heteroatoms. The topological polar surface area (TPSA) is 95.0 Å². The van der Waals surface area contributed by atoms with Gasteiger partial charge in [-0.1, -0.05) is 12.5 Å². The summed E-state index contributed by atoms with van der Waals surface area (Å²) in [6.45, 7) is 4.88. The minimum Gasteiger partial charge on any atom is -0.481 e. The molecular weight excluding hydrogens is 368 g/mol. The van der Waals surface area contributed by atoms with Gasteiger partial charge in [0.05, 0.1) is 10.3 Å². The van der Waals surface area contributed by atoms with Crippen molar-refractivity contribution in [3.05, 3.63) is 29.3 Å². The lowest BCUT2D eigenvalue weighted by atomic mass is 9.90. The molecule has 0 aliphatic carbocycles. The second-order valence-electron chi connectivity index (χ2n) is 7.78. The summed E-state index contributed by atoms with van der Waals surface area (Å²) in [5, 5.41) is 9.37. The van der Waals surface area contributed by atoms with Crippen LogP contribution in [0.1, 0.15) is 48.5 Å². The van der Waals surface area contributed by atoms with Crippen LogP contribution in [-0.2, 0) is 14.8 Å². The molecule has 1 aromatic carbocycles. The van der Waals surface area contributed by atoms with E-state index in [4.69, 9.17) is 0 Å². The van der Waals surface area contributed by atoms with Crippen LogP contribution in [0.2, 0.25) is 0 Å². The Morgan fingerprint density at radius 2 is 1.78 bits per heavy atom. The molecule has 2 fully saturated rings. The van der Waals surface area contributed by atoms with Crippen LogP contribution in [0.3, 0.4) is 0 Å². The summed E-state index contributed by atoms with van der Waals surface area (Å²) in [5.74, 6) is -1.23. The number of aryl methyl sites for hydroxylation is 1. The van der Waals surface area contributed by atoms with Crippen molar-refractivity contribution >= 4 is 21.9 Å². The van der Waals surface area contributed by atoms with Crippen LogP contribution in [0.15, 0.2) is 23.1 Å². The molecule has 2 aliphatic rings. The van der Waals surface area contributed by atoms with Gasteiger partial charge in [-0.3, -0.25) is 9.59 Å². The molecule has 0 spiro atoms. The lowest BCUT2D eigenvalue weighted by molar-refractivity contribution is -0.147. The van der Waals surface area contributed by atoms with Gasteiger partial charge in [-0.05, 0) is 50.8 Å². The molecule has 27 heavy (non-hydrogen) atoms. The van der Waals surface area contributed by atoms with Crippen molar-refractivity contribution in [1.82, 2.24) is 9.21 Å². The number of carbonyl (C=O) groups is 2. The summed E-state index contributed by atoms with van der Waals surface area (Å²) >= 11 is 0. The molecule has 7 nitrogen and oxygen atoms in total. The first-order valence-corrected chi connectivity index (χ1v) is 10.7. The standard InChI is InChI=1S/C19H26N2O5S/c1-14-6-7-15(27(25,26)21-9-4-3-5-10-21)12-16(14)17(22)20-11-8-19(2,13-20)18(23)24/h6-7,12H,3-5,8-11,13H2,1-2H3,(H,23,24). The van der Waals surface area contributed by atoms with E-state index < -0.39 is 21.4 Å². The van der Waals surface area contributed by atoms with Crippen molar-refractivity contribution in [3.63, 3.8) is 0 Å². The van der Waals surface area contributed by atoms with E-state index in [1.165, 1.54) is 15.3 Å². The molecule has 148 valence electrons. The van der Waals surface area contributed by atoms with Crippen molar-refractivity contribution < 1.29 is 23.1 Å². The quantitative estimate of drug-likeness (QED) is 0.844. The highest BCUT2D eigenvalue weighted by Gasteiger charge is 2.42. The number of carbonyl (C=O) groups excluding carboxylic acids is 1. The Morgan fingerprint density at radius 1 is 1.11 bits per heavy atom. The Morgan fingerprint density at radius 3 is 2.37 bits per heavy atom. The Labute approximate surface area is 160 Å². The summed E-state index contributed by atoms with van der Waals surface area (Å²) in [7, 11) is -3.63. The number of likely N-dealkylation sites (tertiary alicyclic amines) is 1. The van der Waals surface area contributed by atoms with Gasteiger partial charge in [0.25, 0.3) is 5.91 Å². The molecule has 1 unspecified atom stereocenters. The van der Waals surface area contributed by atoms with Crippen molar-refractivity contribution in [3.8, 4) is 0 Å². The monoisotopic (exact) mass is 394 g/mol. The smallest absolute Gasteiger partial charge is 0.311 e. The zero-order valence-electron chi connectivity index (χ0n) is 15.8. The van der Waals surface area contributed by atoms with E-state index in [2.05, 4.69) is 0 Å². The van der Waals surface area contributed by atoms with Gasteiger partial charge in [0.2, 0.25) is 10.0 Å². The molecule has 0 aromatic heterocycles. The van der Waals surface area contributed by atoms with Gasteiger partial charge >= 0.3 is 5.97 Å². The van der Waals surface area contributed by atoms with E-state index in [1.807, 2.05) is 0 Å². The summed E-state index contributed by atoms with van der Waals surface area (Å²) in [6.07, 6.45) is 3.11. The first-order valence-electron chi connectivity index (χ1n) is 9.29. The largest absolute Gasteiger partial charge is 0.481 e. The van der Waals surface area contributed by atoms with E-state index in [-0.39, 0.29) is 17.3 Å². The fourth-order valence-corrected chi connectivity index (χ4v) is 5.27. The number of carboxylic acids is 1. The number of hydrogen-bond donors (Lipinski definition) is 1. The fourth-order valence-electron chi connectivity index (χ4n) is 3.73. The number of benzene rings is 1. The normalized spacial score (nSPS) is 24.1. The molecule has 2 heterocycles. The third-order valence-electron chi connectivity index (χ3n) is 5.67. The van der Waals surface area contributed by atoms with E-state index >= 15 is 0 Å². The second kappa shape index (κ2) is 7.24. The molecule has 0 saturated carbocycles. The molecule has 1 amide bonds. The van der Waals surface area contributed by atoms with E-state index in [0.29, 0.717) is 37.2 Å². The highest BCUT2D eigenvalue weighted by Crippen LogP contribution is 2.32. The van der Waals surface area contributed by atoms with Gasteiger partial charge in [-0.25, -0.2) is 8.42 Å².